The summed E-state index contributed by atoms with van der Waals surface area (Å²) in [5.74, 6) is 0.666. The van der Waals surface area contributed by atoms with Crippen LogP contribution in [-0.2, 0) is 25.2 Å². The Labute approximate surface area is 199 Å². The van der Waals surface area contributed by atoms with E-state index < -0.39 is 0 Å². The van der Waals surface area contributed by atoms with Crippen molar-refractivity contribution >= 4 is 68.7 Å². The third-order valence-electron chi connectivity index (χ3n) is 3.51. The van der Waals surface area contributed by atoms with Crippen LogP contribution in [0.4, 0.5) is 4.39 Å². The van der Waals surface area contributed by atoms with Gasteiger partial charge in [0.15, 0.2) is 3.95 Å². The topological polar surface area (TPSA) is 15.8 Å². The molecular weight excluding hydrogens is 506 g/mol. The predicted molar refractivity (Wildman–Crippen MR) is 119 cm³/mol. The quantitative estimate of drug-likeness (QED) is 0.166. The molecular formula is C20H14Cl2FNS3Zn. The molecule has 0 atom stereocenters. The summed E-state index contributed by atoms with van der Waals surface area (Å²) in [6.45, 7) is 0. The molecule has 0 bridgehead atoms. The van der Waals surface area contributed by atoms with E-state index in [1.54, 1.807) is 35.2 Å². The van der Waals surface area contributed by atoms with Gasteiger partial charge in [-0.2, -0.15) is 0 Å². The van der Waals surface area contributed by atoms with Gasteiger partial charge in [-0.1, -0.05) is 35.3 Å². The Kier molecular flexibility index (Phi) is 9.62. The Balaban J connectivity index is 0.000000205. The maximum absolute atomic E-state index is 12.7. The van der Waals surface area contributed by atoms with Crippen LogP contribution in [0.25, 0.3) is 10.2 Å². The number of halogens is 3. The standard InChI is InChI=1S/C13H10ClFS.C7H4ClNS2.Zn/c14-11-3-1-10(2-4-11)9-16-13-7-5-12(15)6-8-13;8-4-1-2-6-5(3-4)9-7(10)11-6;/h1-8H,9H2;1-3H,(H,9,10);. The summed E-state index contributed by atoms with van der Waals surface area (Å²) >= 11 is 19.8. The van der Waals surface area contributed by atoms with Gasteiger partial charge in [-0.15, -0.1) is 23.1 Å². The molecule has 8 heteroatoms. The van der Waals surface area contributed by atoms with E-state index >= 15 is 0 Å². The van der Waals surface area contributed by atoms with Crippen LogP contribution in [0, 0.1) is 9.77 Å². The number of fused-ring (bicyclic) bond motifs is 1. The number of nitrogens with one attached hydrogen (secondary N) is 1. The largest absolute Gasteiger partial charge is 0.337 e. The summed E-state index contributed by atoms with van der Waals surface area (Å²) < 4.78 is 14.6. The van der Waals surface area contributed by atoms with Crippen LogP contribution in [0.3, 0.4) is 0 Å². The van der Waals surface area contributed by atoms with Crippen molar-refractivity contribution in [3.8, 4) is 0 Å². The van der Waals surface area contributed by atoms with Gasteiger partial charge in [0.1, 0.15) is 5.82 Å². The monoisotopic (exact) mass is 517 g/mol. The fraction of sp³-hybridized carbons (Fsp3) is 0.0500. The van der Waals surface area contributed by atoms with E-state index in [1.165, 1.54) is 17.7 Å². The number of H-pyrrole nitrogens is 1. The molecule has 1 aromatic heterocycles. The average Bonchev–Trinajstić information content (AvgIpc) is 3.02. The third-order valence-corrected chi connectivity index (χ3v) is 6.30. The Morgan fingerprint density at radius 2 is 1.57 bits per heavy atom. The van der Waals surface area contributed by atoms with Crippen LogP contribution in [0.2, 0.25) is 10.0 Å². The maximum Gasteiger partial charge on any atom is 0.159 e. The second-order valence-corrected chi connectivity index (χ2v) is 9.16. The summed E-state index contributed by atoms with van der Waals surface area (Å²) in [4.78, 5) is 4.11. The Bertz CT molecular complexity index is 1030. The maximum atomic E-state index is 12.7. The van der Waals surface area contributed by atoms with Crippen molar-refractivity contribution in [3.05, 3.63) is 92.1 Å². The number of rotatable bonds is 3. The van der Waals surface area contributed by atoms with Gasteiger partial charge in [-0.05, 0) is 72.4 Å². The van der Waals surface area contributed by atoms with E-state index in [-0.39, 0.29) is 25.3 Å². The molecule has 0 unspecified atom stereocenters. The summed E-state index contributed by atoms with van der Waals surface area (Å²) in [6, 6.07) is 20.0. The fourth-order valence-corrected chi connectivity index (χ4v) is 4.45. The molecule has 0 radical (unpaired) electrons. The van der Waals surface area contributed by atoms with Gasteiger partial charge in [0.05, 0.1) is 10.2 Å². The molecule has 0 aliphatic carbocycles. The zero-order valence-electron chi connectivity index (χ0n) is 14.6. The third kappa shape index (κ3) is 7.25. The molecule has 1 N–H and O–H groups in total. The zero-order valence-corrected chi connectivity index (χ0v) is 21.6. The number of hydrogen-bond donors (Lipinski definition) is 1. The first-order valence-corrected chi connectivity index (χ1v) is 10.9. The molecule has 0 spiro atoms. The number of thioether (sulfide) groups is 1. The Hall–Kier alpha value is -0.747. The van der Waals surface area contributed by atoms with Crippen molar-refractivity contribution in [3.63, 3.8) is 0 Å². The normalized spacial score (nSPS) is 10.1. The summed E-state index contributed by atoms with van der Waals surface area (Å²) in [5.41, 5.74) is 2.23. The summed E-state index contributed by atoms with van der Waals surface area (Å²) in [5, 5.41) is 1.48. The Morgan fingerprint density at radius 1 is 0.929 bits per heavy atom. The van der Waals surface area contributed by atoms with Crippen molar-refractivity contribution in [2.75, 3.05) is 0 Å². The molecule has 4 rings (SSSR count). The molecule has 0 amide bonds. The smallest absolute Gasteiger partial charge is 0.159 e. The molecule has 1 heterocycles. The van der Waals surface area contributed by atoms with E-state index in [0.29, 0.717) is 0 Å². The predicted octanol–water partition coefficient (Wildman–Crippen LogP) is 8.38. The molecule has 0 aliphatic heterocycles. The van der Waals surface area contributed by atoms with E-state index in [1.807, 2.05) is 42.5 Å². The number of benzene rings is 3. The van der Waals surface area contributed by atoms with Gasteiger partial charge >= 0.3 is 0 Å². The first-order chi connectivity index (χ1) is 13.0. The van der Waals surface area contributed by atoms with Crippen molar-refractivity contribution in [1.82, 2.24) is 4.98 Å². The first kappa shape index (κ1) is 23.5. The zero-order chi connectivity index (χ0) is 19.2. The molecule has 1 nitrogen and oxygen atoms in total. The van der Waals surface area contributed by atoms with E-state index in [9.17, 15) is 4.39 Å². The molecule has 0 aliphatic rings. The average molecular weight is 520 g/mol. The second kappa shape index (κ2) is 11.4. The van der Waals surface area contributed by atoms with Crippen molar-refractivity contribution in [1.29, 1.82) is 0 Å². The summed E-state index contributed by atoms with van der Waals surface area (Å²) in [7, 11) is 0. The first-order valence-electron chi connectivity index (χ1n) is 7.91. The minimum absolute atomic E-state index is 0. The van der Waals surface area contributed by atoms with Gasteiger partial charge in [-0.25, -0.2) is 4.39 Å². The molecule has 0 saturated heterocycles. The minimum Gasteiger partial charge on any atom is -0.337 e. The minimum atomic E-state index is -0.198. The molecule has 140 valence electrons. The molecule has 28 heavy (non-hydrogen) atoms. The van der Waals surface area contributed by atoms with Crippen LogP contribution in [-0.4, -0.2) is 4.98 Å². The van der Waals surface area contributed by atoms with Crippen LogP contribution in [0.1, 0.15) is 5.56 Å². The van der Waals surface area contributed by atoms with E-state index in [2.05, 4.69) is 4.98 Å². The molecule has 0 fully saturated rings. The SMILES string of the molecule is Fc1ccc(SCc2ccc(Cl)cc2)cc1.S=c1[nH]c2cc(Cl)ccc2s1.[Zn]. The van der Waals surface area contributed by atoms with Gasteiger partial charge in [0, 0.05) is 40.2 Å². The van der Waals surface area contributed by atoms with Gasteiger partial charge in [0.25, 0.3) is 0 Å². The van der Waals surface area contributed by atoms with E-state index in [4.69, 9.17) is 35.4 Å². The van der Waals surface area contributed by atoms with Crippen LogP contribution < -0.4 is 0 Å². The fourth-order valence-electron chi connectivity index (χ4n) is 2.20. The number of aromatic amines is 1. The molecule has 4 aromatic rings. The van der Waals surface area contributed by atoms with Crippen molar-refractivity contribution in [2.24, 2.45) is 0 Å². The van der Waals surface area contributed by atoms with Gasteiger partial charge < -0.3 is 4.98 Å². The summed E-state index contributed by atoms with van der Waals surface area (Å²) in [6.07, 6.45) is 0. The van der Waals surface area contributed by atoms with Crippen LogP contribution in [0.5, 0.6) is 0 Å². The Morgan fingerprint density at radius 3 is 2.25 bits per heavy atom. The molecule has 0 saturated carbocycles. The van der Waals surface area contributed by atoms with Crippen molar-refractivity contribution in [2.45, 2.75) is 10.6 Å². The molecule has 3 aromatic carbocycles. The van der Waals surface area contributed by atoms with Gasteiger partial charge in [-0.3, -0.25) is 0 Å². The number of aromatic nitrogens is 1. The number of thiazole rings is 1. The van der Waals surface area contributed by atoms with Crippen molar-refractivity contribution < 1.29 is 23.9 Å². The number of hydrogen-bond acceptors (Lipinski definition) is 3. The van der Waals surface area contributed by atoms with E-state index in [0.717, 1.165) is 34.9 Å². The second-order valence-electron chi connectivity index (χ2n) is 5.52. The van der Waals surface area contributed by atoms with Crippen LogP contribution in [0.15, 0.2) is 71.6 Å². The van der Waals surface area contributed by atoms with Gasteiger partial charge in [0.2, 0.25) is 0 Å². The van der Waals surface area contributed by atoms with Crippen LogP contribution >= 0.6 is 58.5 Å².